The van der Waals surface area contributed by atoms with Crippen LogP contribution in [0.25, 0.3) is 0 Å². The lowest BCUT2D eigenvalue weighted by molar-refractivity contribution is 0.374. The number of rotatable bonds is 5. The number of hydrogen-bond donors (Lipinski definition) is 1. The van der Waals surface area contributed by atoms with Crippen molar-refractivity contribution in [3.8, 4) is 0 Å². The molecule has 90 valence electrons. The van der Waals surface area contributed by atoms with Gasteiger partial charge in [0.15, 0.2) is 18.0 Å². The summed E-state index contributed by atoms with van der Waals surface area (Å²) in [5, 5.41) is 6.43. The molecule has 0 aliphatic heterocycles. The second-order valence-corrected chi connectivity index (χ2v) is 3.47. The SMILES string of the molecule is Fc1cccc(CNCCc2ncno2)c1F. The molecule has 17 heavy (non-hydrogen) atoms. The predicted molar refractivity (Wildman–Crippen MR) is 56.1 cm³/mol. The number of benzene rings is 1. The van der Waals surface area contributed by atoms with Crippen LogP contribution in [0.3, 0.4) is 0 Å². The van der Waals surface area contributed by atoms with Gasteiger partial charge in [0, 0.05) is 25.1 Å². The molecule has 0 saturated carbocycles. The van der Waals surface area contributed by atoms with Crippen LogP contribution in [0.4, 0.5) is 8.78 Å². The highest BCUT2D eigenvalue weighted by Gasteiger charge is 2.06. The maximum atomic E-state index is 13.2. The van der Waals surface area contributed by atoms with Crippen molar-refractivity contribution in [3.63, 3.8) is 0 Å². The van der Waals surface area contributed by atoms with E-state index >= 15 is 0 Å². The molecule has 1 heterocycles. The maximum Gasteiger partial charge on any atom is 0.227 e. The average molecular weight is 239 g/mol. The Morgan fingerprint density at radius 1 is 1.29 bits per heavy atom. The lowest BCUT2D eigenvalue weighted by atomic mass is 10.2. The summed E-state index contributed by atoms with van der Waals surface area (Å²) in [4.78, 5) is 3.84. The molecule has 0 aliphatic rings. The molecule has 0 bridgehead atoms. The van der Waals surface area contributed by atoms with Gasteiger partial charge in [-0.25, -0.2) is 8.78 Å². The molecular formula is C11H11F2N3O. The topological polar surface area (TPSA) is 51.0 Å². The molecule has 0 saturated heterocycles. The van der Waals surface area contributed by atoms with Crippen LogP contribution in [-0.2, 0) is 13.0 Å². The number of nitrogens with one attached hydrogen (secondary N) is 1. The molecule has 2 aromatic rings. The van der Waals surface area contributed by atoms with Crippen molar-refractivity contribution in [2.45, 2.75) is 13.0 Å². The zero-order valence-electron chi connectivity index (χ0n) is 8.99. The van der Waals surface area contributed by atoms with Gasteiger partial charge >= 0.3 is 0 Å². The van der Waals surface area contributed by atoms with Crippen LogP contribution in [0, 0.1) is 11.6 Å². The van der Waals surface area contributed by atoms with E-state index in [4.69, 9.17) is 4.52 Å². The molecule has 0 atom stereocenters. The van der Waals surface area contributed by atoms with Gasteiger partial charge in [-0.3, -0.25) is 0 Å². The Labute approximate surface area is 96.6 Å². The minimum atomic E-state index is -0.832. The van der Waals surface area contributed by atoms with E-state index in [0.717, 1.165) is 6.07 Å². The Balaban J connectivity index is 1.80. The average Bonchev–Trinajstić information content (AvgIpc) is 2.83. The fourth-order valence-corrected chi connectivity index (χ4v) is 1.41. The van der Waals surface area contributed by atoms with E-state index in [1.165, 1.54) is 18.5 Å². The summed E-state index contributed by atoms with van der Waals surface area (Å²) in [7, 11) is 0. The van der Waals surface area contributed by atoms with E-state index in [9.17, 15) is 8.78 Å². The van der Waals surface area contributed by atoms with Gasteiger partial charge in [0.25, 0.3) is 0 Å². The van der Waals surface area contributed by atoms with Gasteiger partial charge in [-0.1, -0.05) is 17.3 Å². The van der Waals surface area contributed by atoms with E-state index < -0.39 is 11.6 Å². The third-order valence-electron chi connectivity index (χ3n) is 2.27. The fraction of sp³-hybridized carbons (Fsp3) is 0.273. The molecule has 1 aromatic heterocycles. The molecule has 0 fully saturated rings. The highest BCUT2D eigenvalue weighted by molar-refractivity contribution is 5.18. The first-order valence-corrected chi connectivity index (χ1v) is 5.16. The lowest BCUT2D eigenvalue weighted by Gasteiger charge is -2.04. The van der Waals surface area contributed by atoms with Crippen molar-refractivity contribution >= 4 is 0 Å². The van der Waals surface area contributed by atoms with Crippen molar-refractivity contribution in [1.29, 1.82) is 0 Å². The first-order valence-electron chi connectivity index (χ1n) is 5.16. The highest BCUT2D eigenvalue weighted by Crippen LogP contribution is 2.10. The minimum Gasteiger partial charge on any atom is -0.340 e. The second-order valence-electron chi connectivity index (χ2n) is 3.47. The Bertz CT molecular complexity index is 474. The molecule has 1 N–H and O–H groups in total. The molecule has 4 nitrogen and oxygen atoms in total. The van der Waals surface area contributed by atoms with Gasteiger partial charge in [0.05, 0.1) is 0 Å². The number of aromatic nitrogens is 2. The van der Waals surface area contributed by atoms with E-state index in [-0.39, 0.29) is 6.54 Å². The van der Waals surface area contributed by atoms with Gasteiger partial charge < -0.3 is 9.84 Å². The van der Waals surface area contributed by atoms with Crippen LogP contribution in [0.1, 0.15) is 11.5 Å². The molecule has 0 radical (unpaired) electrons. The monoisotopic (exact) mass is 239 g/mol. The quantitative estimate of drug-likeness (QED) is 0.806. The minimum absolute atomic E-state index is 0.262. The summed E-state index contributed by atoms with van der Waals surface area (Å²) in [5.41, 5.74) is 0.301. The first kappa shape index (κ1) is 11.7. The summed E-state index contributed by atoms with van der Waals surface area (Å²) in [6.07, 6.45) is 1.87. The van der Waals surface area contributed by atoms with Crippen LogP contribution in [0.2, 0.25) is 0 Å². The molecular weight excluding hydrogens is 228 g/mol. The van der Waals surface area contributed by atoms with E-state index in [1.54, 1.807) is 0 Å². The Morgan fingerprint density at radius 3 is 2.94 bits per heavy atom. The summed E-state index contributed by atoms with van der Waals surface area (Å²) in [6, 6.07) is 4.11. The maximum absolute atomic E-state index is 13.2. The second kappa shape index (κ2) is 5.49. The molecule has 2 rings (SSSR count). The molecule has 0 aliphatic carbocycles. The van der Waals surface area contributed by atoms with E-state index in [0.29, 0.717) is 24.4 Å². The Hall–Kier alpha value is -1.82. The van der Waals surface area contributed by atoms with Crippen molar-refractivity contribution < 1.29 is 13.3 Å². The summed E-state index contributed by atoms with van der Waals surface area (Å²) in [5.74, 6) is -1.13. The molecule has 0 spiro atoms. The number of halogens is 2. The van der Waals surface area contributed by atoms with Gasteiger partial charge in [0.2, 0.25) is 5.89 Å². The normalized spacial score (nSPS) is 10.7. The van der Waals surface area contributed by atoms with Crippen LogP contribution >= 0.6 is 0 Å². The molecule has 0 amide bonds. The fourth-order valence-electron chi connectivity index (χ4n) is 1.41. The largest absolute Gasteiger partial charge is 0.340 e. The standard InChI is InChI=1S/C11H11F2N3O/c12-9-3-1-2-8(11(9)13)6-14-5-4-10-15-7-16-17-10/h1-3,7,14H,4-6H2. The third kappa shape index (κ3) is 3.07. The van der Waals surface area contributed by atoms with Gasteiger partial charge in [0.1, 0.15) is 0 Å². The van der Waals surface area contributed by atoms with E-state index in [1.807, 2.05) is 0 Å². The molecule has 1 aromatic carbocycles. The van der Waals surface area contributed by atoms with Crippen molar-refractivity contribution in [2.24, 2.45) is 0 Å². The van der Waals surface area contributed by atoms with Crippen molar-refractivity contribution in [1.82, 2.24) is 15.5 Å². The zero-order chi connectivity index (χ0) is 12.1. The molecule has 0 unspecified atom stereocenters. The highest BCUT2D eigenvalue weighted by atomic mass is 19.2. The van der Waals surface area contributed by atoms with Crippen LogP contribution < -0.4 is 5.32 Å². The number of hydrogen-bond acceptors (Lipinski definition) is 4. The zero-order valence-corrected chi connectivity index (χ0v) is 8.99. The first-order chi connectivity index (χ1) is 8.27. The predicted octanol–water partition coefficient (Wildman–Crippen LogP) is 1.68. The van der Waals surface area contributed by atoms with Crippen molar-refractivity contribution in [3.05, 3.63) is 47.6 Å². The Morgan fingerprint density at radius 2 is 2.18 bits per heavy atom. The van der Waals surface area contributed by atoms with Crippen LogP contribution in [0.5, 0.6) is 0 Å². The summed E-state index contributed by atoms with van der Waals surface area (Å²) < 4.78 is 30.9. The Kier molecular flexibility index (Phi) is 3.77. The van der Waals surface area contributed by atoms with Gasteiger partial charge in [-0.05, 0) is 6.07 Å². The summed E-state index contributed by atoms with van der Waals surface area (Å²) in [6.45, 7) is 0.815. The van der Waals surface area contributed by atoms with Crippen LogP contribution in [-0.4, -0.2) is 16.7 Å². The lowest BCUT2D eigenvalue weighted by Crippen LogP contribution is -2.17. The van der Waals surface area contributed by atoms with E-state index in [2.05, 4.69) is 15.5 Å². The van der Waals surface area contributed by atoms with Gasteiger partial charge in [-0.15, -0.1) is 0 Å². The van der Waals surface area contributed by atoms with Crippen molar-refractivity contribution in [2.75, 3.05) is 6.54 Å². The number of nitrogens with zero attached hydrogens (tertiary/aromatic N) is 2. The summed E-state index contributed by atoms with van der Waals surface area (Å²) >= 11 is 0. The smallest absolute Gasteiger partial charge is 0.227 e. The van der Waals surface area contributed by atoms with Gasteiger partial charge in [-0.2, -0.15) is 4.98 Å². The molecule has 6 heteroatoms. The van der Waals surface area contributed by atoms with Crippen LogP contribution in [0.15, 0.2) is 29.0 Å². The third-order valence-corrected chi connectivity index (χ3v) is 2.27.